The molecule has 1 aromatic carbocycles. The zero-order chi connectivity index (χ0) is 15.2. The average Bonchev–Trinajstić information content (AvgIpc) is 2.52. The summed E-state index contributed by atoms with van der Waals surface area (Å²) in [5, 5.41) is 9.19. The number of ether oxygens (including phenoxy) is 1. The molecule has 2 rings (SSSR count). The van der Waals surface area contributed by atoms with Crippen molar-refractivity contribution in [1.29, 1.82) is 0 Å². The highest BCUT2D eigenvalue weighted by atomic mass is 16.5. The smallest absolute Gasteiger partial charge is 0.326 e. The van der Waals surface area contributed by atoms with Gasteiger partial charge in [0.15, 0.2) is 0 Å². The lowest BCUT2D eigenvalue weighted by Gasteiger charge is -2.32. The van der Waals surface area contributed by atoms with E-state index < -0.39 is 12.0 Å². The molecule has 1 N–H and O–H groups in total. The maximum atomic E-state index is 12.2. The van der Waals surface area contributed by atoms with Crippen molar-refractivity contribution in [2.75, 3.05) is 13.7 Å². The van der Waals surface area contributed by atoms with Crippen LogP contribution in [-0.4, -0.2) is 41.6 Å². The molecular formula is C16H19NO4. The van der Waals surface area contributed by atoms with Crippen LogP contribution in [0.25, 0.3) is 6.08 Å². The molecule has 0 aliphatic carbocycles. The van der Waals surface area contributed by atoms with Gasteiger partial charge in [-0.25, -0.2) is 4.79 Å². The van der Waals surface area contributed by atoms with E-state index in [9.17, 15) is 14.7 Å². The molecule has 21 heavy (non-hydrogen) atoms. The Morgan fingerprint density at radius 3 is 2.81 bits per heavy atom. The van der Waals surface area contributed by atoms with Crippen molar-refractivity contribution in [3.63, 3.8) is 0 Å². The first kappa shape index (κ1) is 15.1. The minimum atomic E-state index is -0.936. The summed E-state index contributed by atoms with van der Waals surface area (Å²) >= 11 is 0. The van der Waals surface area contributed by atoms with Gasteiger partial charge in [-0.3, -0.25) is 4.79 Å². The first-order valence-corrected chi connectivity index (χ1v) is 6.98. The number of piperidine rings is 1. The van der Waals surface area contributed by atoms with Crippen LogP contribution in [0.2, 0.25) is 0 Å². The molecule has 5 heteroatoms. The summed E-state index contributed by atoms with van der Waals surface area (Å²) in [6, 6.07) is 6.64. The molecule has 1 saturated heterocycles. The summed E-state index contributed by atoms with van der Waals surface area (Å²) in [5.41, 5.74) is 0.789. The Morgan fingerprint density at radius 2 is 2.10 bits per heavy atom. The van der Waals surface area contributed by atoms with Crippen LogP contribution >= 0.6 is 0 Å². The Balaban J connectivity index is 2.12. The summed E-state index contributed by atoms with van der Waals surface area (Å²) in [7, 11) is 1.57. The van der Waals surface area contributed by atoms with Gasteiger partial charge in [-0.1, -0.05) is 18.2 Å². The molecule has 0 unspecified atom stereocenters. The predicted molar refractivity (Wildman–Crippen MR) is 79.0 cm³/mol. The SMILES string of the molecule is COc1ccccc1C=CC(=O)N1CCCC[C@H]1C(=O)O. The van der Waals surface area contributed by atoms with Gasteiger partial charge in [0, 0.05) is 18.2 Å². The van der Waals surface area contributed by atoms with Crippen LogP contribution in [0, 0.1) is 0 Å². The van der Waals surface area contributed by atoms with Gasteiger partial charge in [0.25, 0.3) is 0 Å². The van der Waals surface area contributed by atoms with Gasteiger partial charge in [0.2, 0.25) is 5.91 Å². The van der Waals surface area contributed by atoms with Crippen molar-refractivity contribution < 1.29 is 19.4 Å². The molecule has 1 atom stereocenters. The van der Waals surface area contributed by atoms with Gasteiger partial charge >= 0.3 is 5.97 Å². The van der Waals surface area contributed by atoms with Crippen LogP contribution in [0.1, 0.15) is 24.8 Å². The van der Waals surface area contributed by atoms with E-state index >= 15 is 0 Å². The molecule has 0 radical (unpaired) electrons. The second kappa shape index (κ2) is 6.92. The first-order chi connectivity index (χ1) is 10.1. The molecule has 1 aliphatic rings. The molecule has 1 aliphatic heterocycles. The Labute approximate surface area is 123 Å². The van der Waals surface area contributed by atoms with E-state index in [1.54, 1.807) is 13.2 Å². The third-order valence-corrected chi connectivity index (χ3v) is 3.62. The van der Waals surface area contributed by atoms with Crippen LogP contribution in [-0.2, 0) is 9.59 Å². The number of carboxylic acid groups (broad SMARTS) is 1. The maximum absolute atomic E-state index is 12.2. The number of aliphatic carboxylic acids is 1. The number of rotatable bonds is 4. The highest BCUT2D eigenvalue weighted by Crippen LogP contribution is 2.20. The second-order valence-corrected chi connectivity index (χ2v) is 4.96. The van der Waals surface area contributed by atoms with E-state index in [1.165, 1.54) is 11.0 Å². The molecule has 1 fully saturated rings. The Morgan fingerprint density at radius 1 is 1.33 bits per heavy atom. The Hall–Kier alpha value is -2.30. The number of nitrogens with zero attached hydrogens (tertiary/aromatic N) is 1. The highest BCUT2D eigenvalue weighted by Gasteiger charge is 2.30. The second-order valence-electron chi connectivity index (χ2n) is 4.96. The largest absolute Gasteiger partial charge is 0.496 e. The number of carbonyl (C=O) groups excluding carboxylic acids is 1. The molecule has 1 amide bonds. The Kier molecular flexibility index (Phi) is 4.98. The molecule has 0 aromatic heterocycles. The number of hydrogen-bond donors (Lipinski definition) is 1. The molecule has 1 heterocycles. The summed E-state index contributed by atoms with van der Waals surface area (Å²) in [6.07, 6.45) is 5.28. The number of hydrogen-bond acceptors (Lipinski definition) is 3. The van der Waals surface area contributed by atoms with Crippen molar-refractivity contribution in [3.8, 4) is 5.75 Å². The first-order valence-electron chi connectivity index (χ1n) is 6.98. The monoisotopic (exact) mass is 289 g/mol. The van der Waals surface area contributed by atoms with Crippen molar-refractivity contribution in [2.24, 2.45) is 0 Å². The molecule has 112 valence electrons. The van der Waals surface area contributed by atoms with Crippen molar-refractivity contribution >= 4 is 18.0 Å². The summed E-state index contributed by atoms with van der Waals surface area (Å²) < 4.78 is 5.21. The van der Waals surface area contributed by atoms with Gasteiger partial charge in [0.05, 0.1) is 7.11 Å². The lowest BCUT2D eigenvalue weighted by atomic mass is 10.0. The van der Waals surface area contributed by atoms with Crippen LogP contribution < -0.4 is 4.74 Å². The van der Waals surface area contributed by atoms with Crippen LogP contribution in [0.4, 0.5) is 0 Å². The van der Waals surface area contributed by atoms with E-state index in [0.29, 0.717) is 18.7 Å². The number of amides is 1. The fraction of sp³-hybridized carbons (Fsp3) is 0.375. The molecule has 1 aromatic rings. The van der Waals surface area contributed by atoms with E-state index in [0.717, 1.165) is 18.4 Å². The van der Waals surface area contributed by atoms with Crippen molar-refractivity contribution in [1.82, 2.24) is 4.90 Å². The average molecular weight is 289 g/mol. The fourth-order valence-electron chi connectivity index (χ4n) is 2.51. The van der Waals surface area contributed by atoms with Gasteiger partial charge in [-0.2, -0.15) is 0 Å². The van der Waals surface area contributed by atoms with Gasteiger partial charge in [0.1, 0.15) is 11.8 Å². The van der Waals surface area contributed by atoms with Gasteiger partial charge in [-0.05, 0) is 31.4 Å². The standard InChI is InChI=1S/C16H19NO4/c1-21-14-8-3-2-6-12(14)9-10-15(18)17-11-5-4-7-13(17)16(19)20/h2-3,6,8-10,13H,4-5,7,11H2,1H3,(H,19,20)/t13-/m0/s1. The summed E-state index contributed by atoms with van der Waals surface area (Å²) in [6.45, 7) is 0.492. The molecular weight excluding hydrogens is 270 g/mol. The Bertz CT molecular complexity index is 553. The van der Waals surface area contributed by atoms with Crippen LogP contribution in [0.3, 0.4) is 0 Å². The quantitative estimate of drug-likeness (QED) is 0.863. The predicted octanol–water partition coefficient (Wildman–Crippen LogP) is 2.17. The topological polar surface area (TPSA) is 66.8 Å². The number of benzene rings is 1. The molecule has 0 saturated carbocycles. The summed E-state index contributed by atoms with van der Waals surface area (Å²) in [5.74, 6) is -0.531. The number of methoxy groups -OCH3 is 1. The third kappa shape index (κ3) is 3.62. The van der Waals surface area contributed by atoms with Gasteiger partial charge in [-0.15, -0.1) is 0 Å². The van der Waals surface area contributed by atoms with Gasteiger partial charge < -0.3 is 14.7 Å². The minimum Gasteiger partial charge on any atom is -0.496 e. The number of carboxylic acids is 1. The van der Waals surface area contributed by atoms with Crippen LogP contribution in [0.15, 0.2) is 30.3 Å². The minimum absolute atomic E-state index is 0.270. The maximum Gasteiger partial charge on any atom is 0.326 e. The lowest BCUT2D eigenvalue weighted by Crippen LogP contribution is -2.47. The normalized spacial score (nSPS) is 18.7. The summed E-state index contributed by atoms with van der Waals surface area (Å²) in [4.78, 5) is 24.9. The number of carbonyl (C=O) groups is 2. The molecule has 0 spiro atoms. The van der Waals surface area contributed by atoms with E-state index in [2.05, 4.69) is 0 Å². The third-order valence-electron chi connectivity index (χ3n) is 3.62. The van der Waals surface area contributed by atoms with E-state index in [1.807, 2.05) is 24.3 Å². The van der Waals surface area contributed by atoms with E-state index in [-0.39, 0.29) is 5.91 Å². The van der Waals surface area contributed by atoms with Crippen LogP contribution in [0.5, 0.6) is 5.75 Å². The van der Waals surface area contributed by atoms with Crippen molar-refractivity contribution in [2.45, 2.75) is 25.3 Å². The number of para-hydroxylation sites is 1. The van der Waals surface area contributed by atoms with Crippen molar-refractivity contribution in [3.05, 3.63) is 35.9 Å². The highest BCUT2D eigenvalue weighted by molar-refractivity contribution is 5.94. The van der Waals surface area contributed by atoms with E-state index in [4.69, 9.17) is 4.74 Å². The number of likely N-dealkylation sites (tertiary alicyclic amines) is 1. The zero-order valence-corrected chi connectivity index (χ0v) is 12.0. The molecule has 5 nitrogen and oxygen atoms in total. The fourth-order valence-corrected chi connectivity index (χ4v) is 2.51. The lowest BCUT2D eigenvalue weighted by molar-refractivity contribution is -0.150. The molecule has 0 bridgehead atoms. The zero-order valence-electron chi connectivity index (χ0n) is 12.0.